The monoisotopic (exact) mass is 266 g/mol. The van der Waals surface area contributed by atoms with Gasteiger partial charge in [-0.25, -0.2) is 4.79 Å². The van der Waals surface area contributed by atoms with Crippen LogP contribution in [0.4, 0.5) is 4.79 Å². The van der Waals surface area contributed by atoms with E-state index in [4.69, 9.17) is 5.11 Å². The SMILES string of the molecule is CC(C)CBr.O=C(O)N1CCNCC1. The molecule has 0 aromatic carbocycles. The predicted molar refractivity (Wildman–Crippen MR) is 61.1 cm³/mol. The summed E-state index contributed by atoms with van der Waals surface area (Å²) in [6, 6.07) is 0. The van der Waals surface area contributed by atoms with Gasteiger partial charge in [-0.05, 0) is 5.92 Å². The van der Waals surface area contributed by atoms with Crippen LogP contribution in [0, 0.1) is 5.92 Å². The fraction of sp³-hybridized carbons (Fsp3) is 0.889. The Hall–Kier alpha value is -0.290. The maximum Gasteiger partial charge on any atom is 0.407 e. The summed E-state index contributed by atoms with van der Waals surface area (Å²) in [5.41, 5.74) is 0. The highest BCUT2D eigenvalue weighted by atomic mass is 79.9. The van der Waals surface area contributed by atoms with Gasteiger partial charge in [0.05, 0.1) is 0 Å². The molecule has 0 aromatic rings. The molecule has 1 aliphatic rings. The molecule has 2 N–H and O–H groups in total. The summed E-state index contributed by atoms with van der Waals surface area (Å²) < 4.78 is 0. The first-order chi connectivity index (χ1) is 6.57. The average molecular weight is 267 g/mol. The molecule has 0 atom stereocenters. The summed E-state index contributed by atoms with van der Waals surface area (Å²) in [6.07, 6.45) is -0.809. The molecule has 0 spiro atoms. The number of amides is 1. The Balaban J connectivity index is 0.000000292. The van der Waals surface area contributed by atoms with E-state index >= 15 is 0 Å². The molecule has 0 aromatic heterocycles. The molecule has 0 bridgehead atoms. The largest absolute Gasteiger partial charge is 0.465 e. The van der Waals surface area contributed by atoms with Gasteiger partial charge in [-0.2, -0.15) is 0 Å². The van der Waals surface area contributed by atoms with E-state index in [9.17, 15) is 4.79 Å². The average Bonchev–Trinajstić information content (AvgIpc) is 2.20. The lowest BCUT2D eigenvalue weighted by molar-refractivity contribution is 0.139. The Labute approximate surface area is 93.8 Å². The van der Waals surface area contributed by atoms with Crippen molar-refractivity contribution in [3.63, 3.8) is 0 Å². The molecule has 1 fully saturated rings. The van der Waals surface area contributed by atoms with Gasteiger partial charge in [-0.15, -0.1) is 0 Å². The third kappa shape index (κ3) is 7.15. The van der Waals surface area contributed by atoms with Crippen LogP contribution in [0.3, 0.4) is 0 Å². The predicted octanol–water partition coefficient (Wildman–Crippen LogP) is 1.61. The summed E-state index contributed by atoms with van der Waals surface area (Å²) >= 11 is 3.31. The van der Waals surface area contributed by atoms with Crippen LogP contribution in [-0.2, 0) is 0 Å². The molecular formula is C9H19BrN2O2. The summed E-state index contributed by atoms with van der Waals surface area (Å²) in [4.78, 5) is 11.7. The molecule has 4 nitrogen and oxygen atoms in total. The van der Waals surface area contributed by atoms with E-state index in [0.717, 1.165) is 24.3 Å². The number of carbonyl (C=O) groups is 1. The van der Waals surface area contributed by atoms with Gasteiger partial charge in [0.15, 0.2) is 0 Å². The number of piperazine rings is 1. The number of carboxylic acid groups (broad SMARTS) is 1. The number of nitrogens with zero attached hydrogens (tertiary/aromatic N) is 1. The van der Waals surface area contributed by atoms with Gasteiger partial charge in [0.2, 0.25) is 0 Å². The van der Waals surface area contributed by atoms with Crippen molar-refractivity contribution < 1.29 is 9.90 Å². The molecule has 1 amide bonds. The zero-order chi connectivity index (χ0) is 11.0. The summed E-state index contributed by atoms with van der Waals surface area (Å²) in [6.45, 7) is 7.16. The minimum absolute atomic E-state index is 0.620. The number of hydrogen-bond donors (Lipinski definition) is 2. The van der Waals surface area contributed by atoms with Crippen LogP contribution in [0.5, 0.6) is 0 Å². The Morgan fingerprint density at radius 1 is 1.50 bits per heavy atom. The number of hydrogen-bond acceptors (Lipinski definition) is 2. The Kier molecular flexibility index (Phi) is 7.89. The molecule has 1 heterocycles. The second kappa shape index (κ2) is 8.05. The molecule has 0 saturated carbocycles. The first-order valence-electron chi connectivity index (χ1n) is 4.82. The van der Waals surface area contributed by atoms with Gasteiger partial charge >= 0.3 is 6.09 Å². The molecule has 0 aliphatic carbocycles. The highest BCUT2D eigenvalue weighted by Gasteiger charge is 2.13. The third-order valence-corrected chi connectivity index (χ3v) is 2.99. The topological polar surface area (TPSA) is 52.6 Å². The van der Waals surface area contributed by atoms with E-state index in [-0.39, 0.29) is 0 Å². The van der Waals surface area contributed by atoms with Crippen molar-refractivity contribution in [1.82, 2.24) is 10.2 Å². The van der Waals surface area contributed by atoms with E-state index in [0.29, 0.717) is 13.1 Å². The Morgan fingerprint density at radius 2 is 1.93 bits per heavy atom. The van der Waals surface area contributed by atoms with Crippen LogP contribution >= 0.6 is 15.9 Å². The minimum Gasteiger partial charge on any atom is -0.465 e. The summed E-state index contributed by atoms with van der Waals surface area (Å²) in [7, 11) is 0. The molecule has 0 radical (unpaired) electrons. The van der Waals surface area contributed by atoms with Crippen LogP contribution in [0.1, 0.15) is 13.8 Å². The van der Waals surface area contributed by atoms with E-state index in [1.165, 1.54) is 4.90 Å². The lowest BCUT2D eigenvalue weighted by atomic mass is 10.3. The lowest BCUT2D eigenvalue weighted by Gasteiger charge is -2.23. The zero-order valence-corrected chi connectivity index (χ0v) is 10.4. The van der Waals surface area contributed by atoms with Gasteiger partial charge < -0.3 is 15.3 Å². The zero-order valence-electron chi connectivity index (χ0n) is 8.79. The molecule has 0 unspecified atom stereocenters. The van der Waals surface area contributed by atoms with E-state index in [1.54, 1.807) is 0 Å². The number of halogens is 1. The molecule has 1 saturated heterocycles. The van der Waals surface area contributed by atoms with Crippen molar-refractivity contribution >= 4 is 22.0 Å². The van der Waals surface area contributed by atoms with Crippen LogP contribution in [0.25, 0.3) is 0 Å². The van der Waals surface area contributed by atoms with Crippen LogP contribution in [0.2, 0.25) is 0 Å². The van der Waals surface area contributed by atoms with Crippen molar-refractivity contribution in [3.8, 4) is 0 Å². The maximum atomic E-state index is 10.3. The normalized spacial score (nSPS) is 16.1. The molecule has 1 rings (SSSR count). The molecule has 14 heavy (non-hydrogen) atoms. The van der Waals surface area contributed by atoms with E-state index < -0.39 is 6.09 Å². The van der Waals surface area contributed by atoms with Gasteiger partial charge in [0, 0.05) is 31.5 Å². The standard InChI is InChI=1S/C5H10N2O2.C4H9Br/c8-5(9)7-3-1-6-2-4-7;1-4(2)3-5/h6H,1-4H2,(H,8,9);4H,3H2,1-2H3. The molecule has 1 aliphatic heterocycles. The van der Waals surface area contributed by atoms with Crippen molar-refractivity contribution in [2.75, 3.05) is 31.5 Å². The van der Waals surface area contributed by atoms with E-state index in [2.05, 4.69) is 35.1 Å². The fourth-order valence-corrected chi connectivity index (χ4v) is 0.856. The smallest absolute Gasteiger partial charge is 0.407 e. The Bertz CT molecular complexity index is 159. The summed E-state index contributed by atoms with van der Waals surface area (Å²) in [5, 5.41) is 12.6. The second-order valence-electron chi connectivity index (χ2n) is 3.57. The maximum absolute atomic E-state index is 10.3. The van der Waals surface area contributed by atoms with E-state index in [1.807, 2.05) is 0 Å². The molecule has 84 valence electrons. The first-order valence-corrected chi connectivity index (χ1v) is 5.94. The summed E-state index contributed by atoms with van der Waals surface area (Å²) in [5.74, 6) is 0.801. The second-order valence-corrected chi connectivity index (χ2v) is 4.22. The van der Waals surface area contributed by atoms with Gasteiger partial charge in [0.1, 0.15) is 0 Å². The first kappa shape index (κ1) is 13.7. The quantitative estimate of drug-likeness (QED) is 0.710. The number of alkyl halides is 1. The van der Waals surface area contributed by atoms with Gasteiger partial charge in [-0.3, -0.25) is 0 Å². The van der Waals surface area contributed by atoms with Crippen LogP contribution in [0.15, 0.2) is 0 Å². The minimum atomic E-state index is -0.809. The van der Waals surface area contributed by atoms with Crippen LogP contribution in [-0.4, -0.2) is 47.6 Å². The number of nitrogens with one attached hydrogen (secondary N) is 1. The van der Waals surface area contributed by atoms with Crippen molar-refractivity contribution in [1.29, 1.82) is 0 Å². The Morgan fingerprint density at radius 3 is 2.14 bits per heavy atom. The number of rotatable bonds is 1. The fourth-order valence-electron chi connectivity index (χ4n) is 0.856. The van der Waals surface area contributed by atoms with Crippen molar-refractivity contribution in [2.24, 2.45) is 5.92 Å². The van der Waals surface area contributed by atoms with Crippen molar-refractivity contribution in [3.05, 3.63) is 0 Å². The van der Waals surface area contributed by atoms with Crippen molar-refractivity contribution in [2.45, 2.75) is 13.8 Å². The molecule has 5 heteroatoms. The van der Waals surface area contributed by atoms with Gasteiger partial charge in [0.25, 0.3) is 0 Å². The lowest BCUT2D eigenvalue weighted by Crippen LogP contribution is -2.45. The highest BCUT2D eigenvalue weighted by molar-refractivity contribution is 9.09. The van der Waals surface area contributed by atoms with Gasteiger partial charge in [-0.1, -0.05) is 29.8 Å². The van der Waals surface area contributed by atoms with Crippen LogP contribution < -0.4 is 5.32 Å². The highest BCUT2D eigenvalue weighted by Crippen LogP contribution is 1.94. The molecular weight excluding hydrogens is 248 g/mol. The third-order valence-electron chi connectivity index (χ3n) is 1.70.